The molecule has 1 N–H and O–H groups in total. The van der Waals surface area contributed by atoms with E-state index < -0.39 is 0 Å². The lowest BCUT2D eigenvalue weighted by Crippen LogP contribution is -2.32. The van der Waals surface area contributed by atoms with Gasteiger partial charge in [0, 0.05) is 21.2 Å². The number of benzene rings is 3. The van der Waals surface area contributed by atoms with Crippen molar-refractivity contribution in [3.8, 4) is 5.75 Å². The van der Waals surface area contributed by atoms with Gasteiger partial charge in [0.15, 0.2) is 0 Å². The first-order valence-corrected chi connectivity index (χ1v) is 11.0. The monoisotopic (exact) mass is 460 g/mol. The Morgan fingerprint density at radius 3 is 2.62 bits per heavy atom. The molecular weight excluding hydrogens is 443 g/mol. The topological polar surface area (TPSA) is 52.0 Å². The molecule has 7 heteroatoms. The Morgan fingerprint density at radius 2 is 1.81 bits per heavy atom. The minimum absolute atomic E-state index is 0.312. The fourth-order valence-corrected chi connectivity index (χ4v) is 4.97. The maximum Gasteiger partial charge on any atom is 0.226 e. The number of anilines is 1. The van der Waals surface area contributed by atoms with Crippen LogP contribution >= 0.6 is 23.2 Å². The maximum absolute atomic E-state index is 6.71. The number of aromatic nitrogens is 3. The van der Waals surface area contributed by atoms with Gasteiger partial charge in [0.25, 0.3) is 0 Å². The number of halogens is 2. The number of nitrogens with one attached hydrogen (secondary N) is 1. The average Bonchev–Trinajstić information content (AvgIpc) is 3.27. The number of para-hydroxylation sites is 1. The molecule has 5 nitrogen and oxygen atoms in total. The molecule has 0 aliphatic carbocycles. The number of hydrogen-bond donors (Lipinski definition) is 1. The Hall–Kier alpha value is -3.28. The van der Waals surface area contributed by atoms with Crippen molar-refractivity contribution in [3.05, 3.63) is 111 Å². The normalized spacial score (nSPS) is 18.8. The Bertz CT molecular complexity index is 1380. The number of fused-ring (bicyclic) bond motifs is 3. The maximum atomic E-state index is 6.71. The molecule has 32 heavy (non-hydrogen) atoms. The van der Waals surface area contributed by atoms with E-state index in [0.717, 1.165) is 33.7 Å². The van der Waals surface area contributed by atoms with Crippen LogP contribution in [0.3, 0.4) is 0 Å². The third-order valence-corrected chi connectivity index (χ3v) is 6.52. The first kappa shape index (κ1) is 19.4. The zero-order valence-electron chi connectivity index (χ0n) is 17.1. The summed E-state index contributed by atoms with van der Waals surface area (Å²) in [6, 6.07) is 21.7. The number of ether oxygens (including phenoxy) is 1. The van der Waals surface area contributed by atoms with E-state index in [1.54, 1.807) is 12.4 Å². The van der Waals surface area contributed by atoms with Crippen molar-refractivity contribution in [3.63, 3.8) is 0 Å². The van der Waals surface area contributed by atoms with Crippen LogP contribution in [0.1, 0.15) is 34.4 Å². The molecule has 0 fully saturated rings. The lowest BCUT2D eigenvalue weighted by molar-refractivity contribution is 0.223. The van der Waals surface area contributed by atoms with Crippen molar-refractivity contribution < 1.29 is 4.74 Å². The lowest BCUT2D eigenvalue weighted by Gasteiger charge is -2.39. The van der Waals surface area contributed by atoms with E-state index in [1.165, 1.54) is 5.56 Å². The molecule has 0 saturated heterocycles. The SMILES string of the molecule is Cc1ccc([C@H]2Oc3ccccc3C3=C2[C@H](c2ccc(Cl)cc2Cl)n2ncnc2N3)cc1. The first-order chi connectivity index (χ1) is 15.6. The highest BCUT2D eigenvalue weighted by atomic mass is 35.5. The predicted octanol–water partition coefficient (Wildman–Crippen LogP) is 6.45. The first-order valence-electron chi connectivity index (χ1n) is 10.3. The van der Waals surface area contributed by atoms with Crippen LogP contribution in [0.2, 0.25) is 10.0 Å². The smallest absolute Gasteiger partial charge is 0.226 e. The van der Waals surface area contributed by atoms with Crippen molar-refractivity contribution in [2.75, 3.05) is 5.32 Å². The Labute approximate surface area is 195 Å². The van der Waals surface area contributed by atoms with Crippen molar-refractivity contribution >= 4 is 34.8 Å². The summed E-state index contributed by atoms with van der Waals surface area (Å²) in [6.07, 6.45) is 1.22. The van der Waals surface area contributed by atoms with Crippen LogP contribution in [-0.4, -0.2) is 14.8 Å². The third kappa shape index (κ3) is 3.00. The molecule has 0 spiro atoms. The van der Waals surface area contributed by atoms with Crippen LogP contribution in [0.25, 0.3) is 5.70 Å². The fourth-order valence-electron chi connectivity index (χ4n) is 4.46. The van der Waals surface area contributed by atoms with Crippen LogP contribution in [0.5, 0.6) is 5.75 Å². The van der Waals surface area contributed by atoms with Gasteiger partial charge in [-0.1, -0.05) is 71.2 Å². The average molecular weight is 461 g/mol. The lowest BCUT2D eigenvalue weighted by atomic mass is 9.84. The highest BCUT2D eigenvalue weighted by Gasteiger charge is 2.41. The summed E-state index contributed by atoms with van der Waals surface area (Å²) in [4.78, 5) is 4.45. The summed E-state index contributed by atoms with van der Waals surface area (Å²) in [7, 11) is 0. The quantitative estimate of drug-likeness (QED) is 0.373. The summed E-state index contributed by atoms with van der Waals surface area (Å²) in [6.45, 7) is 2.08. The largest absolute Gasteiger partial charge is 0.480 e. The number of nitrogens with zero attached hydrogens (tertiary/aromatic N) is 3. The van der Waals surface area contributed by atoms with Crippen molar-refractivity contribution in [2.45, 2.75) is 19.1 Å². The minimum Gasteiger partial charge on any atom is -0.480 e. The molecular formula is C25H18Cl2N4O. The number of aryl methyl sites for hydroxylation is 1. The van der Waals surface area contributed by atoms with Crippen LogP contribution in [-0.2, 0) is 0 Å². The predicted molar refractivity (Wildman–Crippen MR) is 126 cm³/mol. The summed E-state index contributed by atoms with van der Waals surface area (Å²) in [5.74, 6) is 1.47. The fraction of sp³-hybridized carbons (Fsp3) is 0.120. The van der Waals surface area contributed by atoms with Gasteiger partial charge in [-0.15, -0.1) is 0 Å². The van der Waals surface area contributed by atoms with Crippen LogP contribution in [0.15, 0.2) is 78.6 Å². The van der Waals surface area contributed by atoms with Crippen LogP contribution in [0.4, 0.5) is 5.95 Å². The molecule has 158 valence electrons. The van der Waals surface area contributed by atoms with E-state index in [9.17, 15) is 0 Å². The van der Waals surface area contributed by atoms with E-state index in [4.69, 9.17) is 27.9 Å². The molecule has 0 amide bonds. The molecule has 0 unspecified atom stereocenters. The Kier molecular flexibility index (Phi) is 4.49. The molecule has 3 aromatic carbocycles. The van der Waals surface area contributed by atoms with E-state index in [-0.39, 0.29) is 12.1 Å². The van der Waals surface area contributed by atoms with Gasteiger partial charge in [0.05, 0.1) is 5.70 Å². The Morgan fingerprint density at radius 1 is 1.00 bits per heavy atom. The second-order valence-electron chi connectivity index (χ2n) is 7.96. The molecule has 0 saturated carbocycles. The highest BCUT2D eigenvalue weighted by molar-refractivity contribution is 6.35. The van der Waals surface area contributed by atoms with Gasteiger partial charge in [-0.05, 0) is 42.3 Å². The minimum atomic E-state index is -0.331. The second kappa shape index (κ2) is 7.40. The van der Waals surface area contributed by atoms with Crippen molar-refractivity contribution in [1.82, 2.24) is 14.8 Å². The molecule has 2 aliphatic rings. The zero-order valence-corrected chi connectivity index (χ0v) is 18.6. The summed E-state index contributed by atoms with van der Waals surface area (Å²) in [5, 5.41) is 9.18. The van der Waals surface area contributed by atoms with Crippen LogP contribution in [0, 0.1) is 6.92 Å². The number of rotatable bonds is 2. The molecule has 2 atom stereocenters. The van der Waals surface area contributed by atoms with Gasteiger partial charge < -0.3 is 10.1 Å². The van der Waals surface area contributed by atoms with E-state index >= 15 is 0 Å². The molecule has 2 aliphatic heterocycles. The summed E-state index contributed by atoms with van der Waals surface area (Å²) >= 11 is 12.9. The van der Waals surface area contributed by atoms with Crippen molar-refractivity contribution in [1.29, 1.82) is 0 Å². The summed E-state index contributed by atoms with van der Waals surface area (Å²) in [5.41, 5.74) is 6.10. The van der Waals surface area contributed by atoms with Crippen molar-refractivity contribution in [2.24, 2.45) is 0 Å². The van der Waals surface area contributed by atoms with Gasteiger partial charge in [-0.2, -0.15) is 10.1 Å². The van der Waals surface area contributed by atoms with Gasteiger partial charge in [0.1, 0.15) is 24.2 Å². The third-order valence-electron chi connectivity index (χ3n) is 5.96. The standard InChI is InChI=1S/C25H18Cl2N4O/c1-14-6-8-15(9-7-14)24-21-22(18-4-2-3-5-20(18)32-24)30-25-28-13-29-31(25)23(21)17-11-10-16(26)12-19(17)27/h2-13,23-24H,1H3,(H,28,29,30)/t23-,24+/m0/s1. The van der Waals surface area contributed by atoms with Gasteiger partial charge in [-0.25, -0.2) is 4.68 Å². The van der Waals surface area contributed by atoms with E-state index in [2.05, 4.69) is 52.7 Å². The summed E-state index contributed by atoms with van der Waals surface area (Å²) < 4.78 is 8.46. The highest BCUT2D eigenvalue weighted by Crippen LogP contribution is 2.51. The molecule has 4 aromatic rings. The van der Waals surface area contributed by atoms with Gasteiger partial charge in [0.2, 0.25) is 5.95 Å². The number of hydrogen-bond acceptors (Lipinski definition) is 4. The molecule has 0 radical (unpaired) electrons. The van der Waals surface area contributed by atoms with Crippen LogP contribution < -0.4 is 10.1 Å². The second-order valence-corrected chi connectivity index (χ2v) is 8.80. The van der Waals surface area contributed by atoms with Gasteiger partial charge in [-0.3, -0.25) is 0 Å². The van der Waals surface area contributed by atoms with Gasteiger partial charge >= 0.3 is 0 Å². The molecule has 6 rings (SSSR count). The molecule has 0 bridgehead atoms. The van der Waals surface area contributed by atoms with E-state index in [0.29, 0.717) is 16.0 Å². The molecule has 3 heterocycles. The van der Waals surface area contributed by atoms with E-state index in [1.807, 2.05) is 35.0 Å². The zero-order chi connectivity index (χ0) is 21.8. The Balaban J connectivity index is 1.64. The molecule has 1 aromatic heterocycles.